The first-order valence-electron chi connectivity index (χ1n) is 5.90. The summed E-state index contributed by atoms with van der Waals surface area (Å²) in [5.74, 6) is 1.05. The van der Waals surface area contributed by atoms with E-state index in [2.05, 4.69) is 15.0 Å². The molecule has 1 fully saturated rings. The molecule has 0 unspecified atom stereocenters. The largest absolute Gasteiger partial charge is 0.390 e. The van der Waals surface area contributed by atoms with Crippen LogP contribution in [-0.2, 0) is 0 Å². The first kappa shape index (κ1) is 11.4. The van der Waals surface area contributed by atoms with E-state index in [-0.39, 0.29) is 6.04 Å². The SMILES string of the molecule is Cc1nc2c(N)ncnc2n1[C@@H]1CC[C@@H](O)[C@H]1O. The zero-order valence-electron chi connectivity index (χ0n) is 9.98. The highest BCUT2D eigenvalue weighted by atomic mass is 16.3. The number of anilines is 1. The van der Waals surface area contributed by atoms with E-state index in [0.717, 1.165) is 5.82 Å². The van der Waals surface area contributed by atoms with Crippen LogP contribution in [0, 0.1) is 6.92 Å². The van der Waals surface area contributed by atoms with Crippen LogP contribution in [0.15, 0.2) is 6.33 Å². The summed E-state index contributed by atoms with van der Waals surface area (Å²) in [5, 5.41) is 19.7. The van der Waals surface area contributed by atoms with Gasteiger partial charge in [-0.3, -0.25) is 0 Å². The second-order valence-corrected chi connectivity index (χ2v) is 4.66. The van der Waals surface area contributed by atoms with Gasteiger partial charge < -0.3 is 20.5 Å². The fraction of sp³-hybridized carbons (Fsp3) is 0.545. The zero-order chi connectivity index (χ0) is 12.9. The molecule has 0 aliphatic heterocycles. The Kier molecular flexibility index (Phi) is 2.46. The van der Waals surface area contributed by atoms with Crippen LogP contribution in [0.25, 0.3) is 11.2 Å². The minimum Gasteiger partial charge on any atom is -0.390 e. The molecule has 0 saturated heterocycles. The quantitative estimate of drug-likeness (QED) is 0.644. The summed E-state index contributed by atoms with van der Waals surface area (Å²) in [4.78, 5) is 12.4. The number of hydrogen-bond acceptors (Lipinski definition) is 6. The molecule has 3 atom stereocenters. The number of rotatable bonds is 1. The van der Waals surface area contributed by atoms with Crippen molar-refractivity contribution in [3.8, 4) is 0 Å². The van der Waals surface area contributed by atoms with E-state index in [1.807, 2.05) is 11.5 Å². The summed E-state index contributed by atoms with van der Waals surface area (Å²) in [6.45, 7) is 1.83. The predicted octanol–water partition coefficient (Wildman–Crippen LogP) is -0.226. The number of nitrogens with two attached hydrogens (primary N) is 1. The van der Waals surface area contributed by atoms with Crippen molar-refractivity contribution in [2.75, 3.05) is 5.73 Å². The Balaban J connectivity index is 2.17. The number of fused-ring (bicyclic) bond motifs is 1. The second kappa shape index (κ2) is 3.89. The van der Waals surface area contributed by atoms with Crippen LogP contribution in [0.2, 0.25) is 0 Å². The highest BCUT2D eigenvalue weighted by Crippen LogP contribution is 2.34. The van der Waals surface area contributed by atoms with Gasteiger partial charge in [0, 0.05) is 0 Å². The van der Waals surface area contributed by atoms with Crippen molar-refractivity contribution >= 4 is 17.0 Å². The maximum atomic E-state index is 10.0. The molecule has 0 radical (unpaired) electrons. The van der Waals surface area contributed by atoms with E-state index in [4.69, 9.17) is 5.73 Å². The number of hydrogen-bond donors (Lipinski definition) is 3. The lowest BCUT2D eigenvalue weighted by Crippen LogP contribution is -2.27. The first-order valence-corrected chi connectivity index (χ1v) is 5.90. The molecule has 0 amide bonds. The van der Waals surface area contributed by atoms with E-state index in [1.165, 1.54) is 6.33 Å². The molecule has 0 aromatic carbocycles. The van der Waals surface area contributed by atoms with E-state index < -0.39 is 12.2 Å². The van der Waals surface area contributed by atoms with Crippen LogP contribution in [0.3, 0.4) is 0 Å². The summed E-state index contributed by atoms with van der Waals surface area (Å²) in [6.07, 6.45) is 1.17. The van der Waals surface area contributed by atoms with Crippen LogP contribution in [0.4, 0.5) is 5.82 Å². The predicted molar refractivity (Wildman–Crippen MR) is 64.8 cm³/mol. The van der Waals surface area contributed by atoms with Gasteiger partial charge in [0.2, 0.25) is 0 Å². The molecule has 2 aromatic heterocycles. The minimum absolute atomic E-state index is 0.209. The maximum Gasteiger partial charge on any atom is 0.165 e. The Morgan fingerprint density at radius 3 is 2.78 bits per heavy atom. The van der Waals surface area contributed by atoms with Crippen molar-refractivity contribution in [3.05, 3.63) is 12.2 Å². The van der Waals surface area contributed by atoms with Crippen molar-refractivity contribution < 1.29 is 10.2 Å². The third kappa shape index (κ3) is 1.48. The average molecular weight is 249 g/mol. The molecule has 1 aliphatic carbocycles. The zero-order valence-corrected chi connectivity index (χ0v) is 9.98. The van der Waals surface area contributed by atoms with E-state index in [9.17, 15) is 10.2 Å². The van der Waals surface area contributed by atoms with Crippen LogP contribution in [0.1, 0.15) is 24.7 Å². The van der Waals surface area contributed by atoms with Crippen molar-refractivity contribution in [3.63, 3.8) is 0 Å². The van der Waals surface area contributed by atoms with Crippen molar-refractivity contribution in [2.24, 2.45) is 0 Å². The number of nitrogen functional groups attached to an aromatic ring is 1. The monoisotopic (exact) mass is 249 g/mol. The smallest absolute Gasteiger partial charge is 0.165 e. The van der Waals surface area contributed by atoms with Gasteiger partial charge in [-0.1, -0.05) is 0 Å². The Morgan fingerprint density at radius 1 is 1.33 bits per heavy atom. The number of aliphatic hydroxyl groups is 2. The van der Waals surface area contributed by atoms with Crippen molar-refractivity contribution in [1.29, 1.82) is 0 Å². The van der Waals surface area contributed by atoms with Crippen LogP contribution >= 0.6 is 0 Å². The molecular formula is C11H15N5O2. The lowest BCUT2D eigenvalue weighted by molar-refractivity contribution is 0.0238. The second-order valence-electron chi connectivity index (χ2n) is 4.66. The normalized spacial score (nSPS) is 28.1. The average Bonchev–Trinajstić information content (AvgIpc) is 2.83. The Hall–Kier alpha value is -1.73. The molecule has 7 nitrogen and oxygen atoms in total. The minimum atomic E-state index is -0.794. The molecular weight excluding hydrogens is 234 g/mol. The fourth-order valence-electron chi connectivity index (χ4n) is 2.65. The number of nitrogens with zero attached hydrogens (tertiary/aromatic N) is 4. The number of aromatic nitrogens is 4. The van der Waals surface area contributed by atoms with Gasteiger partial charge in [-0.2, -0.15) is 0 Å². The first-order chi connectivity index (χ1) is 8.59. The number of imidazole rings is 1. The Labute approximate surface area is 103 Å². The van der Waals surface area contributed by atoms with Crippen molar-refractivity contribution in [1.82, 2.24) is 19.5 Å². The molecule has 7 heteroatoms. The van der Waals surface area contributed by atoms with Gasteiger partial charge in [0.1, 0.15) is 18.3 Å². The van der Waals surface area contributed by atoms with Crippen LogP contribution in [-0.4, -0.2) is 41.9 Å². The molecule has 1 aliphatic rings. The number of aryl methyl sites for hydroxylation is 1. The summed E-state index contributed by atoms with van der Waals surface area (Å²) >= 11 is 0. The van der Waals surface area contributed by atoms with E-state index >= 15 is 0 Å². The van der Waals surface area contributed by atoms with Gasteiger partial charge in [-0.05, 0) is 19.8 Å². The molecule has 3 rings (SSSR count). The molecule has 2 aromatic rings. The van der Waals surface area contributed by atoms with Gasteiger partial charge in [-0.15, -0.1) is 0 Å². The lowest BCUT2D eigenvalue weighted by Gasteiger charge is -2.19. The molecule has 18 heavy (non-hydrogen) atoms. The van der Waals surface area contributed by atoms with Gasteiger partial charge >= 0.3 is 0 Å². The molecule has 0 spiro atoms. The molecule has 1 saturated carbocycles. The third-order valence-electron chi connectivity index (χ3n) is 3.56. The highest BCUT2D eigenvalue weighted by molar-refractivity contribution is 5.81. The Morgan fingerprint density at radius 2 is 2.11 bits per heavy atom. The summed E-state index contributed by atoms with van der Waals surface area (Å²) in [7, 11) is 0. The maximum absolute atomic E-state index is 10.0. The van der Waals surface area contributed by atoms with Gasteiger partial charge in [0.05, 0.1) is 12.1 Å². The van der Waals surface area contributed by atoms with Gasteiger partial charge in [-0.25, -0.2) is 15.0 Å². The number of aliphatic hydroxyl groups excluding tert-OH is 2. The fourth-order valence-corrected chi connectivity index (χ4v) is 2.65. The summed E-state index contributed by atoms with van der Waals surface area (Å²) < 4.78 is 1.84. The van der Waals surface area contributed by atoms with E-state index in [0.29, 0.717) is 29.8 Å². The van der Waals surface area contributed by atoms with E-state index in [1.54, 1.807) is 0 Å². The standard InChI is InChI=1S/C11H15N5O2/c1-5-15-8-10(12)13-4-14-11(8)16(5)6-2-3-7(17)9(6)18/h4,6-7,9,17-18H,2-3H2,1H3,(H2,12,13,14)/t6-,7-,9+/m1/s1. The molecule has 4 N–H and O–H groups in total. The molecule has 0 bridgehead atoms. The lowest BCUT2D eigenvalue weighted by atomic mass is 10.2. The van der Waals surface area contributed by atoms with Gasteiger partial charge in [0.15, 0.2) is 17.0 Å². The summed E-state index contributed by atoms with van der Waals surface area (Å²) in [6, 6.07) is -0.209. The highest BCUT2D eigenvalue weighted by Gasteiger charge is 2.36. The van der Waals surface area contributed by atoms with Crippen LogP contribution in [0.5, 0.6) is 0 Å². The molecule has 2 heterocycles. The van der Waals surface area contributed by atoms with Crippen molar-refractivity contribution in [2.45, 2.75) is 38.0 Å². The summed E-state index contributed by atoms with van der Waals surface area (Å²) in [5.41, 5.74) is 6.91. The molecule has 96 valence electrons. The topological polar surface area (TPSA) is 110 Å². The Bertz CT molecular complexity index is 596. The van der Waals surface area contributed by atoms with Crippen LogP contribution < -0.4 is 5.73 Å². The van der Waals surface area contributed by atoms with Gasteiger partial charge in [0.25, 0.3) is 0 Å². The third-order valence-corrected chi connectivity index (χ3v) is 3.56.